The highest BCUT2D eigenvalue weighted by Gasteiger charge is 2.47. The van der Waals surface area contributed by atoms with Gasteiger partial charge in [0.05, 0.1) is 0 Å². The van der Waals surface area contributed by atoms with Crippen LogP contribution in [0, 0.1) is 17.3 Å². The van der Waals surface area contributed by atoms with E-state index in [1.807, 2.05) is 0 Å². The summed E-state index contributed by atoms with van der Waals surface area (Å²) in [7, 11) is 0. The van der Waals surface area contributed by atoms with Crippen LogP contribution in [0.1, 0.15) is 39.0 Å². The van der Waals surface area contributed by atoms with Gasteiger partial charge in [-0.05, 0) is 55.9 Å². The number of fused-ring (bicyclic) bond motifs is 1. The second kappa shape index (κ2) is 2.48. The fourth-order valence-electron chi connectivity index (χ4n) is 2.97. The van der Waals surface area contributed by atoms with Crippen molar-refractivity contribution in [3.63, 3.8) is 0 Å². The Bertz CT molecular complexity index is 135. The molecule has 0 spiro atoms. The van der Waals surface area contributed by atoms with Crippen molar-refractivity contribution >= 4 is 0 Å². The zero-order valence-electron chi connectivity index (χ0n) is 7.47. The standard InChI is InChI=1S/C10H19N/c1-2-10(7-11)5-8-3-4-9(8)6-10/h8-9H,2-7,11H2,1H3/t8-,9+,10?. The Kier molecular flexibility index (Phi) is 1.71. The number of nitrogens with two attached hydrogens (primary N) is 1. The molecule has 0 aromatic carbocycles. The van der Waals surface area contributed by atoms with Crippen LogP contribution in [0.15, 0.2) is 0 Å². The Hall–Kier alpha value is -0.0400. The molecule has 1 unspecified atom stereocenters. The summed E-state index contributed by atoms with van der Waals surface area (Å²) in [6.07, 6.45) is 7.16. The van der Waals surface area contributed by atoms with E-state index in [2.05, 4.69) is 6.92 Å². The van der Waals surface area contributed by atoms with Gasteiger partial charge in [0.1, 0.15) is 0 Å². The van der Waals surface area contributed by atoms with E-state index in [0.717, 1.165) is 18.4 Å². The molecule has 2 rings (SSSR count). The van der Waals surface area contributed by atoms with Crippen LogP contribution < -0.4 is 5.73 Å². The molecule has 2 fully saturated rings. The minimum Gasteiger partial charge on any atom is -0.330 e. The molecule has 0 saturated heterocycles. The molecule has 0 aromatic rings. The molecular weight excluding hydrogens is 134 g/mol. The van der Waals surface area contributed by atoms with E-state index in [1.165, 1.54) is 32.1 Å². The summed E-state index contributed by atoms with van der Waals surface area (Å²) in [4.78, 5) is 0. The van der Waals surface area contributed by atoms with Crippen LogP contribution in [0.4, 0.5) is 0 Å². The average molecular weight is 153 g/mol. The third-order valence-electron chi connectivity index (χ3n) is 4.15. The fraction of sp³-hybridized carbons (Fsp3) is 1.00. The number of rotatable bonds is 2. The molecule has 2 N–H and O–H groups in total. The number of hydrogen-bond donors (Lipinski definition) is 1. The first-order valence-corrected chi connectivity index (χ1v) is 5.00. The first-order chi connectivity index (χ1) is 5.29. The Morgan fingerprint density at radius 2 is 1.82 bits per heavy atom. The summed E-state index contributed by atoms with van der Waals surface area (Å²) in [6, 6.07) is 0. The van der Waals surface area contributed by atoms with Crippen LogP contribution in [0.3, 0.4) is 0 Å². The highest BCUT2D eigenvalue weighted by atomic mass is 14.6. The molecule has 2 aliphatic rings. The third kappa shape index (κ3) is 1.01. The summed E-state index contributed by atoms with van der Waals surface area (Å²) < 4.78 is 0. The van der Waals surface area contributed by atoms with Crippen LogP contribution in [0.5, 0.6) is 0 Å². The van der Waals surface area contributed by atoms with Gasteiger partial charge in [-0.25, -0.2) is 0 Å². The van der Waals surface area contributed by atoms with Crippen LogP contribution >= 0.6 is 0 Å². The lowest BCUT2D eigenvalue weighted by molar-refractivity contribution is 0.219. The van der Waals surface area contributed by atoms with Crippen LogP contribution in [0.25, 0.3) is 0 Å². The first kappa shape index (κ1) is 7.60. The molecule has 0 bridgehead atoms. The Morgan fingerprint density at radius 1 is 1.27 bits per heavy atom. The van der Waals surface area contributed by atoms with Gasteiger partial charge in [-0.15, -0.1) is 0 Å². The maximum atomic E-state index is 5.83. The molecule has 0 heterocycles. The minimum absolute atomic E-state index is 0.561. The maximum Gasteiger partial charge on any atom is -0.00204 e. The van der Waals surface area contributed by atoms with Gasteiger partial charge in [0.15, 0.2) is 0 Å². The van der Waals surface area contributed by atoms with Crippen molar-refractivity contribution < 1.29 is 0 Å². The summed E-state index contributed by atoms with van der Waals surface area (Å²) in [6.45, 7) is 3.23. The Morgan fingerprint density at radius 3 is 2.09 bits per heavy atom. The van der Waals surface area contributed by atoms with Crippen molar-refractivity contribution in [3.05, 3.63) is 0 Å². The quantitative estimate of drug-likeness (QED) is 0.646. The molecule has 2 saturated carbocycles. The lowest BCUT2D eigenvalue weighted by Crippen LogP contribution is -2.26. The molecule has 1 heteroatoms. The second-order valence-electron chi connectivity index (χ2n) is 4.56. The van der Waals surface area contributed by atoms with E-state index < -0.39 is 0 Å². The van der Waals surface area contributed by atoms with E-state index in [4.69, 9.17) is 5.73 Å². The van der Waals surface area contributed by atoms with Crippen LogP contribution in [-0.4, -0.2) is 6.54 Å². The smallest absolute Gasteiger partial charge is 0.00204 e. The molecule has 1 nitrogen and oxygen atoms in total. The van der Waals surface area contributed by atoms with Crippen LogP contribution in [0.2, 0.25) is 0 Å². The van der Waals surface area contributed by atoms with Crippen molar-refractivity contribution in [1.29, 1.82) is 0 Å². The van der Waals surface area contributed by atoms with Gasteiger partial charge in [-0.2, -0.15) is 0 Å². The molecule has 3 atom stereocenters. The van der Waals surface area contributed by atoms with Crippen molar-refractivity contribution in [2.75, 3.05) is 6.54 Å². The van der Waals surface area contributed by atoms with Gasteiger partial charge >= 0.3 is 0 Å². The molecular formula is C10H19N. The van der Waals surface area contributed by atoms with Gasteiger partial charge in [-0.3, -0.25) is 0 Å². The Labute approximate surface area is 69.4 Å². The lowest BCUT2D eigenvalue weighted by Gasteiger charge is -2.29. The average Bonchev–Trinajstić information content (AvgIpc) is 2.27. The SMILES string of the molecule is CCC1(CN)C[C@H]2CC[C@H]2C1. The van der Waals surface area contributed by atoms with E-state index in [0.29, 0.717) is 5.41 Å². The fourth-order valence-corrected chi connectivity index (χ4v) is 2.97. The molecule has 11 heavy (non-hydrogen) atoms. The summed E-state index contributed by atoms with van der Waals surface area (Å²) in [5.41, 5.74) is 6.39. The van der Waals surface area contributed by atoms with E-state index >= 15 is 0 Å². The van der Waals surface area contributed by atoms with Gasteiger partial charge in [-0.1, -0.05) is 6.92 Å². The molecule has 0 aromatic heterocycles. The second-order valence-corrected chi connectivity index (χ2v) is 4.56. The van der Waals surface area contributed by atoms with Crippen molar-refractivity contribution in [2.24, 2.45) is 23.0 Å². The van der Waals surface area contributed by atoms with Gasteiger partial charge in [0.25, 0.3) is 0 Å². The van der Waals surface area contributed by atoms with Crippen molar-refractivity contribution in [1.82, 2.24) is 0 Å². The van der Waals surface area contributed by atoms with Gasteiger partial charge < -0.3 is 5.73 Å². The van der Waals surface area contributed by atoms with Gasteiger partial charge in [0.2, 0.25) is 0 Å². The molecule has 64 valence electrons. The topological polar surface area (TPSA) is 26.0 Å². The highest BCUT2D eigenvalue weighted by Crippen LogP contribution is 2.56. The summed E-state index contributed by atoms with van der Waals surface area (Å²) in [5.74, 6) is 2.14. The minimum atomic E-state index is 0.561. The largest absolute Gasteiger partial charge is 0.330 e. The summed E-state index contributed by atoms with van der Waals surface area (Å²) in [5, 5.41) is 0. The van der Waals surface area contributed by atoms with E-state index in [-0.39, 0.29) is 0 Å². The highest BCUT2D eigenvalue weighted by molar-refractivity contribution is 4.98. The van der Waals surface area contributed by atoms with Crippen molar-refractivity contribution in [2.45, 2.75) is 39.0 Å². The maximum absolute atomic E-state index is 5.83. The van der Waals surface area contributed by atoms with Crippen LogP contribution in [-0.2, 0) is 0 Å². The molecule has 0 amide bonds. The van der Waals surface area contributed by atoms with E-state index in [9.17, 15) is 0 Å². The first-order valence-electron chi connectivity index (χ1n) is 5.00. The van der Waals surface area contributed by atoms with Gasteiger partial charge in [0, 0.05) is 0 Å². The normalized spacial score (nSPS) is 48.5. The predicted molar refractivity (Wildman–Crippen MR) is 47.2 cm³/mol. The zero-order chi connectivity index (χ0) is 7.90. The molecule has 0 radical (unpaired) electrons. The Balaban J connectivity index is 2.04. The monoisotopic (exact) mass is 153 g/mol. The predicted octanol–water partition coefficient (Wildman–Crippen LogP) is 2.16. The summed E-state index contributed by atoms with van der Waals surface area (Å²) >= 11 is 0. The van der Waals surface area contributed by atoms with Crippen molar-refractivity contribution in [3.8, 4) is 0 Å². The zero-order valence-corrected chi connectivity index (χ0v) is 7.47. The van der Waals surface area contributed by atoms with E-state index in [1.54, 1.807) is 0 Å². The molecule has 0 aliphatic heterocycles. The molecule has 2 aliphatic carbocycles. The lowest BCUT2D eigenvalue weighted by atomic mass is 9.77. The third-order valence-corrected chi connectivity index (χ3v) is 4.15. The number of hydrogen-bond acceptors (Lipinski definition) is 1.